The van der Waals surface area contributed by atoms with E-state index in [-0.39, 0.29) is 47.3 Å². The average Bonchev–Trinajstić information content (AvgIpc) is 3.35. The lowest BCUT2D eigenvalue weighted by molar-refractivity contribution is -0.143. The number of carbonyl (C=O) groups excluding carboxylic acids is 4. The number of nitrogens with zero attached hydrogens (tertiary/aromatic N) is 2. The second-order valence-corrected chi connectivity index (χ2v) is 13.3. The molecule has 2 aliphatic heterocycles. The standard InChI is InChI=1S/C31H24Cl2F6N2O7/c1-40-26(45)28(32)11-18-16(22(29(28,33)27(40)46)12-6-19(47-2)23(42)20(7-12)48-3)4-5-17-21(18)25(44)41(24(17)43)15-9-13(30(34,35)36)8-14(10-15)31(37,38)39/h4,6-10,17-18,21-22,42H,5,11H2,1-3H3/t17-,18+,21-,22-,28+,29-/m0/s1. The quantitative estimate of drug-likeness (QED) is 0.188. The largest absolute Gasteiger partial charge is 0.502 e. The Morgan fingerprint density at radius 2 is 1.38 bits per heavy atom. The molecule has 0 spiro atoms. The fourth-order valence-corrected chi connectivity index (χ4v) is 8.54. The van der Waals surface area contributed by atoms with Crippen molar-refractivity contribution >= 4 is 52.5 Å². The molecule has 0 aromatic heterocycles. The van der Waals surface area contributed by atoms with Gasteiger partial charge in [-0.3, -0.25) is 24.1 Å². The maximum Gasteiger partial charge on any atom is 0.416 e. The minimum atomic E-state index is -5.25. The number of allylic oxidation sites excluding steroid dienone is 2. The molecule has 2 aliphatic carbocycles. The van der Waals surface area contributed by atoms with E-state index in [1.165, 1.54) is 32.4 Å². The number of methoxy groups -OCH3 is 2. The second kappa shape index (κ2) is 10.8. The van der Waals surface area contributed by atoms with Gasteiger partial charge in [0.05, 0.1) is 42.9 Å². The van der Waals surface area contributed by atoms with Gasteiger partial charge in [-0.15, -0.1) is 23.2 Å². The number of aromatic hydroxyl groups is 1. The molecule has 6 atom stereocenters. The van der Waals surface area contributed by atoms with E-state index < -0.39 is 98.4 Å². The minimum Gasteiger partial charge on any atom is -0.502 e. The zero-order valence-corrected chi connectivity index (χ0v) is 26.5. The first kappa shape index (κ1) is 33.9. The van der Waals surface area contributed by atoms with Crippen molar-refractivity contribution in [1.82, 2.24) is 4.90 Å². The van der Waals surface area contributed by atoms with Crippen LogP contribution < -0.4 is 14.4 Å². The van der Waals surface area contributed by atoms with Gasteiger partial charge < -0.3 is 14.6 Å². The maximum absolute atomic E-state index is 14.1. The third-order valence-corrected chi connectivity index (χ3v) is 11.1. The summed E-state index contributed by atoms with van der Waals surface area (Å²) in [7, 11) is 3.63. The average molecular weight is 721 g/mol. The van der Waals surface area contributed by atoms with E-state index in [0.717, 1.165) is 11.9 Å². The van der Waals surface area contributed by atoms with E-state index in [1.54, 1.807) is 0 Å². The molecule has 9 nitrogen and oxygen atoms in total. The number of hydrogen-bond donors (Lipinski definition) is 1. The summed E-state index contributed by atoms with van der Waals surface area (Å²) >= 11 is 14.2. The maximum atomic E-state index is 14.1. The molecule has 0 unspecified atom stereocenters. The Balaban J connectivity index is 1.53. The first-order chi connectivity index (χ1) is 22.2. The van der Waals surface area contributed by atoms with Gasteiger partial charge in [-0.05, 0) is 54.7 Å². The summed E-state index contributed by atoms with van der Waals surface area (Å²) in [5, 5.41) is 10.6. The zero-order valence-electron chi connectivity index (χ0n) is 25.0. The Morgan fingerprint density at radius 1 is 0.833 bits per heavy atom. The Morgan fingerprint density at radius 3 is 1.88 bits per heavy atom. The van der Waals surface area contributed by atoms with E-state index in [1.807, 2.05) is 0 Å². The number of fused-ring (bicyclic) bond motifs is 4. The second-order valence-electron chi connectivity index (χ2n) is 12.0. The number of alkyl halides is 8. The first-order valence-electron chi connectivity index (χ1n) is 14.2. The molecule has 4 aliphatic rings. The van der Waals surface area contributed by atoms with Crippen molar-refractivity contribution in [2.24, 2.45) is 17.8 Å². The predicted molar refractivity (Wildman–Crippen MR) is 156 cm³/mol. The van der Waals surface area contributed by atoms with E-state index in [0.29, 0.717) is 4.90 Å². The molecule has 2 aromatic rings. The SMILES string of the molecule is COc1cc([C@H]2C3=CC[C@@H]4C(=O)N(c5cc(C(F)(F)F)cc(C(F)(F)F)c5)C(=O)[C@@H]4[C@@H]3C[C@@]3(Cl)C(=O)N(C)C(=O)[C@@]23Cl)cc(OC)c1O. The van der Waals surface area contributed by atoms with Crippen LogP contribution in [0.1, 0.15) is 35.4 Å². The normalized spacial score (nSPS) is 30.3. The summed E-state index contributed by atoms with van der Waals surface area (Å²) in [4.78, 5) is 51.8. The molecule has 48 heavy (non-hydrogen) atoms. The number of likely N-dealkylation sites (tertiary alicyclic amines) is 1. The van der Waals surface area contributed by atoms with Gasteiger partial charge in [0.25, 0.3) is 11.8 Å². The van der Waals surface area contributed by atoms with E-state index in [2.05, 4.69) is 0 Å². The lowest BCUT2D eigenvalue weighted by Crippen LogP contribution is -2.60. The van der Waals surface area contributed by atoms with Crippen molar-refractivity contribution in [2.75, 3.05) is 26.2 Å². The number of ether oxygens (including phenoxy) is 2. The highest BCUT2D eigenvalue weighted by molar-refractivity contribution is 6.53. The number of amides is 4. The number of hydrogen-bond acceptors (Lipinski definition) is 7. The van der Waals surface area contributed by atoms with Crippen molar-refractivity contribution in [1.29, 1.82) is 0 Å². The molecule has 1 saturated carbocycles. The van der Waals surface area contributed by atoms with Crippen molar-refractivity contribution in [3.63, 3.8) is 0 Å². The third-order valence-electron chi connectivity index (χ3n) is 9.68. The lowest BCUT2D eigenvalue weighted by atomic mass is 9.56. The van der Waals surface area contributed by atoms with Crippen molar-refractivity contribution in [3.05, 3.63) is 58.7 Å². The molecule has 4 amide bonds. The van der Waals surface area contributed by atoms with Crippen LogP contribution in [0.25, 0.3) is 0 Å². The lowest BCUT2D eigenvalue weighted by Gasteiger charge is -2.50. The summed E-state index contributed by atoms with van der Waals surface area (Å²) in [6.45, 7) is 0. The third kappa shape index (κ3) is 4.52. The Hall–Kier alpha value is -3.98. The molecule has 0 bridgehead atoms. The van der Waals surface area contributed by atoms with Crippen LogP contribution in [0, 0.1) is 17.8 Å². The first-order valence-corrected chi connectivity index (χ1v) is 15.0. The molecule has 6 rings (SSSR count). The van der Waals surface area contributed by atoms with Gasteiger partial charge in [0.1, 0.15) is 0 Å². The molecule has 3 fully saturated rings. The van der Waals surface area contributed by atoms with Gasteiger partial charge in [0, 0.05) is 13.0 Å². The number of phenols is 1. The molecule has 2 saturated heterocycles. The van der Waals surface area contributed by atoms with Crippen LogP contribution in [0.5, 0.6) is 17.2 Å². The van der Waals surface area contributed by atoms with Gasteiger partial charge in [0.2, 0.25) is 17.6 Å². The van der Waals surface area contributed by atoms with E-state index >= 15 is 0 Å². The highest BCUT2D eigenvalue weighted by Gasteiger charge is 2.76. The number of imide groups is 2. The molecule has 256 valence electrons. The van der Waals surface area contributed by atoms with Gasteiger partial charge in [0.15, 0.2) is 21.2 Å². The van der Waals surface area contributed by atoms with E-state index in [4.69, 9.17) is 32.7 Å². The number of benzene rings is 2. The highest BCUT2D eigenvalue weighted by atomic mass is 35.5. The minimum absolute atomic E-state index is 0.116. The van der Waals surface area contributed by atoms with Gasteiger partial charge in [-0.1, -0.05) is 11.6 Å². The summed E-state index contributed by atoms with van der Waals surface area (Å²) in [6, 6.07) is 3.10. The predicted octanol–water partition coefficient (Wildman–Crippen LogP) is 5.64. The van der Waals surface area contributed by atoms with Crippen molar-refractivity contribution < 1.29 is 60.1 Å². The Labute approximate surface area is 277 Å². The highest BCUT2D eigenvalue weighted by Crippen LogP contribution is 2.66. The van der Waals surface area contributed by atoms with Crippen LogP contribution in [0.15, 0.2) is 42.0 Å². The van der Waals surface area contributed by atoms with Crippen LogP contribution in [0.3, 0.4) is 0 Å². The van der Waals surface area contributed by atoms with Crippen LogP contribution in [-0.2, 0) is 31.5 Å². The van der Waals surface area contributed by atoms with Gasteiger partial charge in [-0.2, -0.15) is 26.3 Å². The zero-order chi connectivity index (χ0) is 35.5. The number of carbonyl (C=O) groups is 4. The number of rotatable bonds is 4. The topological polar surface area (TPSA) is 113 Å². The summed E-state index contributed by atoms with van der Waals surface area (Å²) in [5.41, 5.74) is -3.94. The number of phenolic OH excluding ortho intramolecular Hbond substituents is 1. The summed E-state index contributed by atoms with van der Waals surface area (Å²) < 4.78 is 92.7. The summed E-state index contributed by atoms with van der Waals surface area (Å²) in [6.07, 6.45) is -9.68. The van der Waals surface area contributed by atoms with E-state index in [9.17, 15) is 50.6 Å². The summed E-state index contributed by atoms with van der Waals surface area (Å²) in [5.74, 6) is -9.73. The fourth-order valence-electron chi connectivity index (χ4n) is 7.52. The number of anilines is 1. The van der Waals surface area contributed by atoms with Crippen LogP contribution in [-0.4, -0.2) is 64.7 Å². The van der Waals surface area contributed by atoms with Crippen molar-refractivity contribution in [2.45, 2.75) is 40.9 Å². The molecular weight excluding hydrogens is 697 g/mol. The van der Waals surface area contributed by atoms with Crippen LogP contribution >= 0.6 is 23.2 Å². The number of halogens is 8. The van der Waals surface area contributed by atoms with Gasteiger partial charge >= 0.3 is 12.4 Å². The Bertz CT molecular complexity index is 1770. The smallest absolute Gasteiger partial charge is 0.416 e. The molecule has 2 heterocycles. The molecule has 1 N–H and O–H groups in total. The van der Waals surface area contributed by atoms with Crippen LogP contribution in [0.4, 0.5) is 32.0 Å². The fraction of sp³-hybridized carbons (Fsp3) is 0.419. The molecular formula is C31H24Cl2F6N2O7. The monoisotopic (exact) mass is 720 g/mol. The Kier molecular flexibility index (Phi) is 7.60. The van der Waals surface area contributed by atoms with Crippen LogP contribution in [0.2, 0.25) is 0 Å². The van der Waals surface area contributed by atoms with Crippen molar-refractivity contribution in [3.8, 4) is 17.2 Å². The van der Waals surface area contributed by atoms with Gasteiger partial charge in [-0.25, -0.2) is 4.90 Å². The molecule has 2 aromatic carbocycles. The molecule has 0 radical (unpaired) electrons. The molecule has 17 heteroatoms.